The molecule has 1 aliphatic heterocycles. The molecule has 2 heterocycles. The van der Waals surface area contributed by atoms with Gasteiger partial charge in [-0.15, -0.1) is 0 Å². The van der Waals surface area contributed by atoms with E-state index in [1.807, 2.05) is 0 Å². The van der Waals surface area contributed by atoms with Crippen molar-refractivity contribution in [1.29, 1.82) is 0 Å². The fourth-order valence-corrected chi connectivity index (χ4v) is 4.33. The number of nitrogens with one attached hydrogen (secondary N) is 1. The van der Waals surface area contributed by atoms with E-state index in [0.29, 0.717) is 49.2 Å². The molecule has 2 aromatic rings. The van der Waals surface area contributed by atoms with Crippen molar-refractivity contribution in [2.45, 2.75) is 63.9 Å². The normalized spacial score (nSPS) is 18.1. The molecule has 1 aromatic heterocycles. The smallest absolute Gasteiger partial charge is 0.266 e. The molecule has 1 aromatic carbocycles. The highest BCUT2D eigenvalue weighted by atomic mass is 19.1. The number of aromatic nitrogens is 1. The predicted molar refractivity (Wildman–Crippen MR) is 137 cm³/mol. The summed E-state index contributed by atoms with van der Waals surface area (Å²) in [5.41, 5.74) is 7.71. The fourth-order valence-electron chi connectivity index (χ4n) is 4.33. The van der Waals surface area contributed by atoms with Gasteiger partial charge >= 0.3 is 0 Å². The van der Waals surface area contributed by atoms with Gasteiger partial charge in [-0.3, -0.25) is 4.79 Å². The Morgan fingerprint density at radius 3 is 2.94 bits per heavy atom. The average molecular weight is 498 g/mol. The van der Waals surface area contributed by atoms with E-state index in [9.17, 15) is 9.18 Å². The number of ether oxygens (including phenoxy) is 2. The number of halogens is 1. The third-order valence-electron chi connectivity index (χ3n) is 6.79. The molecule has 1 unspecified atom stereocenters. The summed E-state index contributed by atoms with van der Waals surface area (Å²) in [5, 5.41) is 4.46. The van der Waals surface area contributed by atoms with Crippen molar-refractivity contribution in [3.05, 3.63) is 59.8 Å². The van der Waals surface area contributed by atoms with Gasteiger partial charge in [-0.25, -0.2) is 15.2 Å². The number of anilines is 1. The second-order valence-corrected chi connectivity index (χ2v) is 9.55. The zero-order valence-corrected chi connectivity index (χ0v) is 20.8. The highest BCUT2D eigenvalue weighted by Gasteiger charge is 2.28. The van der Waals surface area contributed by atoms with Gasteiger partial charge in [0.1, 0.15) is 0 Å². The fraction of sp³-hybridized carbons (Fsp3) is 0.481. The zero-order valence-electron chi connectivity index (χ0n) is 20.8. The standard InChI is InChI=1S/C27H36FN5O3/c1-2-19(20-11-12-22(28)25(14-20)35-17-18-9-10-18)16-33(30)21(15-29)6-3-4-7-24-27(34)32-26-23(36-24)8-5-13-31-26/h5,8,11-15,18-19,24H,2-4,6-7,9-10,16-17,29-30H2,1H3,(H,31,32,34)/b21-15-/t19-,24?/m0/s1. The third kappa shape index (κ3) is 6.66. The van der Waals surface area contributed by atoms with Crippen LogP contribution in [0, 0.1) is 11.7 Å². The van der Waals surface area contributed by atoms with Crippen molar-refractivity contribution in [3.8, 4) is 11.5 Å². The molecule has 1 aliphatic carbocycles. The number of allylic oxidation sites excluding steroid dienone is 1. The van der Waals surface area contributed by atoms with Gasteiger partial charge in [0.25, 0.3) is 5.91 Å². The molecule has 0 spiro atoms. The van der Waals surface area contributed by atoms with E-state index in [4.69, 9.17) is 21.1 Å². The molecule has 1 fully saturated rings. The van der Waals surface area contributed by atoms with E-state index in [0.717, 1.165) is 43.4 Å². The van der Waals surface area contributed by atoms with Crippen LogP contribution in [0.25, 0.3) is 0 Å². The van der Waals surface area contributed by atoms with E-state index >= 15 is 0 Å². The number of fused-ring (bicyclic) bond motifs is 1. The maximum atomic E-state index is 14.2. The number of carbonyl (C=O) groups excluding carboxylic acids is 1. The van der Waals surface area contributed by atoms with Crippen molar-refractivity contribution >= 4 is 11.7 Å². The van der Waals surface area contributed by atoms with Crippen LogP contribution in [-0.2, 0) is 4.79 Å². The van der Waals surface area contributed by atoms with E-state index in [2.05, 4.69) is 17.2 Å². The molecule has 0 bridgehead atoms. The molecule has 0 radical (unpaired) electrons. The number of pyridine rings is 1. The van der Waals surface area contributed by atoms with E-state index in [-0.39, 0.29) is 17.6 Å². The van der Waals surface area contributed by atoms with Gasteiger partial charge in [0.05, 0.1) is 6.61 Å². The van der Waals surface area contributed by atoms with Crippen LogP contribution in [-0.4, -0.2) is 35.2 Å². The summed E-state index contributed by atoms with van der Waals surface area (Å²) >= 11 is 0. The van der Waals surface area contributed by atoms with Crippen LogP contribution in [0.3, 0.4) is 0 Å². The Hall–Kier alpha value is -3.33. The van der Waals surface area contributed by atoms with E-state index in [1.54, 1.807) is 35.5 Å². The second kappa shape index (κ2) is 12.1. The summed E-state index contributed by atoms with van der Waals surface area (Å²) in [5.74, 6) is 7.89. The first-order valence-electron chi connectivity index (χ1n) is 12.8. The average Bonchev–Trinajstić information content (AvgIpc) is 3.71. The highest BCUT2D eigenvalue weighted by Crippen LogP contribution is 2.32. The molecular weight excluding hydrogens is 461 g/mol. The maximum absolute atomic E-state index is 14.2. The molecule has 2 aliphatic rings. The quantitative estimate of drug-likeness (QED) is 0.213. The minimum atomic E-state index is -0.541. The lowest BCUT2D eigenvalue weighted by Crippen LogP contribution is -2.37. The van der Waals surface area contributed by atoms with Crippen molar-refractivity contribution in [1.82, 2.24) is 9.99 Å². The lowest BCUT2D eigenvalue weighted by molar-refractivity contribution is -0.123. The Morgan fingerprint density at radius 2 is 2.19 bits per heavy atom. The van der Waals surface area contributed by atoms with Crippen LogP contribution in [0.2, 0.25) is 0 Å². The monoisotopic (exact) mass is 497 g/mol. The molecule has 1 saturated carbocycles. The van der Waals surface area contributed by atoms with Crippen molar-refractivity contribution < 1.29 is 18.7 Å². The summed E-state index contributed by atoms with van der Waals surface area (Å²) in [4.78, 5) is 16.4. The lowest BCUT2D eigenvalue weighted by Gasteiger charge is -2.27. The lowest BCUT2D eigenvalue weighted by atomic mass is 9.95. The number of unbranched alkanes of at least 4 members (excludes halogenated alkanes) is 1. The number of rotatable bonds is 13. The van der Waals surface area contributed by atoms with Gasteiger partial charge < -0.3 is 25.5 Å². The molecule has 2 atom stereocenters. The molecule has 8 nitrogen and oxygen atoms in total. The molecular formula is C27H36FN5O3. The number of benzene rings is 1. The third-order valence-corrected chi connectivity index (χ3v) is 6.79. The number of nitrogens with two attached hydrogens (primary N) is 2. The van der Waals surface area contributed by atoms with Gasteiger partial charge in [0.2, 0.25) is 0 Å². The minimum absolute atomic E-state index is 0.0989. The van der Waals surface area contributed by atoms with Crippen LogP contribution in [0.4, 0.5) is 10.2 Å². The van der Waals surface area contributed by atoms with Crippen LogP contribution >= 0.6 is 0 Å². The number of carbonyl (C=O) groups is 1. The molecule has 1 amide bonds. The molecule has 194 valence electrons. The first kappa shape index (κ1) is 25.8. The zero-order chi connectivity index (χ0) is 25.5. The number of amides is 1. The summed E-state index contributed by atoms with van der Waals surface area (Å²) in [6.45, 7) is 3.20. The molecule has 36 heavy (non-hydrogen) atoms. The van der Waals surface area contributed by atoms with E-state index < -0.39 is 6.10 Å². The van der Waals surface area contributed by atoms with Crippen molar-refractivity contribution in [3.63, 3.8) is 0 Å². The molecule has 9 heteroatoms. The second-order valence-electron chi connectivity index (χ2n) is 9.55. The number of hydrogen-bond donors (Lipinski definition) is 3. The molecule has 4 rings (SSSR count). The van der Waals surface area contributed by atoms with Crippen LogP contribution in [0.1, 0.15) is 63.4 Å². The Balaban J connectivity index is 1.26. The Labute approximate surface area is 211 Å². The predicted octanol–water partition coefficient (Wildman–Crippen LogP) is 4.44. The summed E-state index contributed by atoms with van der Waals surface area (Å²) < 4.78 is 25.8. The van der Waals surface area contributed by atoms with Crippen LogP contribution in [0.5, 0.6) is 11.5 Å². The van der Waals surface area contributed by atoms with Gasteiger partial charge in [0, 0.05) is 30.6 Å². The number of hydrazine groups is 1. The SMILES string of the molecule is CC[C@@H](CN(N)/C(=C\N)CCCCC1Oc2cccnc2NC1=O)c1ccc(F)c(OCC2CC2)c1. The first-order valence-corrected chi connectivity index (χ1v) is 12.8. The Bertz CT molecular complexity index is 1080. The molecule has 5 N–H and O–H groups in total. The van der Waals surface area contributed by atoms with Crippen molar-refractivity contribution in [2.75, 3.05) is 18.5 Å². The Kier molecular flexibility index (Phi) is 8.64. The van der Waals surface area contributed by atoms with Crippen LogP contribution < -0.4 is 26.4 Å². The van der Waals surface area contributed by atoms with Crippen molar-refractivity contribution in [2.24, 2.45) is 17.5 Å². The summed E-state index contributed by atoms with van der Waals surface area (Å²) in [7, 11) is 0. The van der Waals surface area contributed by atoms with Gasteiger partial charge in [-0.2, -0.15) is 0 Å². The topological polar surface area (TPSA) is 116 Å². The minimum Gasteiger partial charge on any atom is -0.490 e. The van der Waals surface area contributed by atoms with Gasteiger partial charge in [-0.05, 0) is 80.7 Å². The summed E-state index contributed by atoms with van der Waals surface area (Å²) in [6.07, 6.45) is 8.59. The van der Waals surface area contributed by atoms with Gasteiger partial charge in [0.15, 0.2) is 29.2 Å². The number of hydrogen-bond acceptors (Lipinski definition) is 7. The highest BCUT2D eigenvalue weighted by molar-refractivity contribution is 5.96. The van der Waals surface area contributed by atoms with E-state index in [1.165, 1.54) is 12.3 Å². The first-order chi connectivity index (χ1) is 17.5. The number of nitrogens with zero attached hydrogens (tertiary/aromatic N) is 2. The maximum Gasteiger partial charge on any atom is 0.266 e. The Morgan fingerprint density at radius 1 is 1.36 bits per heavy atom. The largest absolute Gasteiger partial charge is 0.490 e. The van der Waals surface area contributed by atoms with Crippen LogP contribution in [0.15, 0.2) is 48.4 Å². The van der Waals surface area contributed by atoms with Gasteiger partial charge in [-0.1, -0.05) is 13.0 Å². The molecule has 0 saturated heterocycles. The summed E-state index contributed by atoms with van der Waals surface area (Å²) in [6, 6.07) is 8.64.